The van der Waals surface area contributed by atoms with Crippen molar-refractivity contribution in [3.8, 4) is 0 Å². The molecular weight excluding hydrogens is 180 g/mol. The number of carbonyl (C=O) groups excluding carboxylic acids is 2. The van der Waals surface area contributed by atoms with Gasteiger partial charge in [-0.05, 0) is 12.1 Å². The van der Waals surface area contributed by atoms with E-state index in [1.807, 2.05) is 0 Å². The van der Waals surface area contributed by atoms with Crippen molar-refractivity contribution in [1.82, 2.24) is 10.3 Å². The first-order valence-electron chi connectivity index (χ1n) is 4.44. The van der Waals surface area contributed by atoms with Gasteiger partial charge in [-0.15, -0.1) is 0 Å². The van der Waals surface area contributed by atoms with Gasteiger partial charge in [0, 0.05) is 20.2 Å². The summed E-state index contributed by atoms with van der Waals surface area (Å²) in [5.41, 5.74) is 0.469. The number of hydrogen-bond donors (Lipinski definition) is 1. The third-order valence-corrected chi connectivity index (χ3v) is 1.76. The summed E-state index contributed by atoms with van der Waals surface area (Å²) in [4.78, 5) is 26.1. The van der Waals surface area contributed by atoms with Gasteiger partial charge in [0.25, 0.3) is 5.91 Å². The lowest BCUT2D eigenvalue weighted by molar-refractivity contribution is -0.117. The third kappa shape index (κ3) is 2.97. The smallest absolute Gasteiger partial charge is 0.253 e. The molecule has 1 amide bonds. The summed E-state index contributed by atoms with van der Waals surface area (Å²) >= 11 is 0. The van der Waals surface area contributed by atoms with Crippen molar-refractivity contribution in [2.75, 3.05) is 6.54 Å². The molecule has 1 rings (SSSR count). The highest BCUT2D eigenvalue weighted by Crippen LogP contribution is 1.94. The van der Waals surface area contributed by atoms with Crippen LogP contribution >= 0.6 is 0 Å². The molecule has 0 fully saturated rings. The SMILES string of the molecule is CCC(=O)CNC(=O)c1cccnc1.[HH]. The second-order valence-electron chi connectivity index (χ2n) is 2.82. The lowest BCUT2D eigenvalue weighted by Crippen LogP contribution is -2.29. The summed E-state index contributed by atoms with van der Waals surface area (Å²) in [6, 6.07) is 3.33. The van der Waals surface area contributed by atoms with E-state index in [-0.39, 0.29) is 19.7 Å². The van der Waals surface area contributed by atoms with E-state index >= 15 is 0 Å². The van der Waals surface area contributed by atoms with Crippen LogP contribution in [0.2, 0.25) is 0 Å². The average molecular weight is 194 g/mol. The van der Waals surface area contributed by atoms with Gasteiger partial charge >= 0.3 is 0 Å². The van der Waals surface area contributed by atoms with Gasteiger partial charge in [0.15, 0.2) is 5.78 Å². The van der Waals surface area contributed by atoms with Crippen LogP contribution in [0.1, 0.15) is 25.1 Å². The Morgan fingerprint density at radius 1 is 1.57 bits per heavy atom. The van der Waals surface area contributed by atoms with Crippen LogP contribution in [-0.4, -0.2) is 23.2 Å². The molecule has 1 N–H and O–H groups in total. The zero-order chi connectivity index (χ0) is 10.4. The Labute approximate surface area is 83.8 Å². The van der Waals surface area contributed by atoms with E-state index in [1.54, 1.807) is 25.3 Å². The summed E-state index contributed by atoms with van der Waals surface area (Å²) in [6.45, 7) is 1.85. The maximum atomic E-state index is 11.4. The monoisotopic (exact) mass is 194 g/mol. The van der Waals surface area contributed by atoms with E-state index in [0.717, 1.165) is 0 Å². The molecular formula is C10H14N2O2. The first kappa shape index (κ1) is 10.4. The molecule has 4 nitrogen and oxygen atoms in total. The largest absolute Gasteiger partial charge is 0.345 e. The lowest BCUT2D eigenvalue weighted by atomic mass is 10.2. The van der Waals surface area contributed by atoms with E-state index in [4.69, 9.17) is 0 Å². The average Bonchev–Trinajstić information content (AvgIpc) is 2.26. The number of nitrogens with one attached hydrogen (secondary N) is 1. The molecule has 76 valence electrons. The van der Waals surface area contributed by atoms with E-state index in [2.05, 4.69) is 10.3 Å². The van der Waals surface area contributed by atoms with Crippen LogP contribution in [0.25, 0.3) is 0 Å². The fraction of sp³-hybridized carbons (Fsp3) is 0.300. The number of hydrogen-bond acceptors (Lipinski definition) is 3. The summed E-state index contributed by atoms with van der Waals surface area (Å²) in [5.74, 6) is -0.248. The maximum Gasteiger partial charge on any atom is 0.253 e. The Hall–Kier alpha value is -1.71. The molecule has 4 heteroatoms. The molecule has 0 aliphatic carbocycles. The summed E-state index contributed by atoms with van der Waals surface area (Å²) in [7, 11) is 0. The Morgan fingerprint density at radius 2 is 2.36 bits per heavy atom. The maximum absolute atomic E-state index is 11.4. The standard InChI is InChI=1S/C10H12N2O2.H2/c1-2-9(13)7-12-10(14)8-4-3-5-11-6-8;/h3-6H,2,7H2,1H3,(H,12,14);1H. The number of pyridine rings is 1. The van der Waals surface area contributed by atoms with Crippen LogP contribution < -0.4 is 5.32 Å². The van der Waals surface area contributed by atoms with Crippen LogP contribution in [0.3, 0.4) is 0 Å². The van der Waals surface area contributed by atoms with E-state index in [9.17, 15) is 9.59 Å². The van der Waals surface area contributed by atoms with Gasteiger partial charge < -0.3 is 5.32 Å². The molecule has 0 spiro atoms. The first-order chi connectivity index (χ1) is 6.74. The number of rotatable bonds is 4. The number of Topliss-reactive ketones (excluding diaryl/α,β-unsaturated/α-hetero) is 1. The topological polar surface area (TPSA) is 59.1 Å². The zero-order valence-corrected chi connectivity index (χ0v) is 7.99. The molecule has 1 aromatic heterocycles. The van der Waals surface area contributed by atoms with Crippen LogP contribution in [0.15, 0.2) is 24.5 Å². The van der Waals surface area contributed by atoms with Crippen molar-refractivity contribution in [2.24, 2.45) is 0 Å². The van der Waals surface area contributed by atoms with Gasteiger partial charge in [0.2, 0.25) is 0 Å². The van der Waals surface area contributed by atoms with Crippen molar-refractivity contribution >= 4 is 11.7 Å². The predicted octanol–water partition coefficient (Wildman–Crippen LogP) is 1.04. The van der Waals surface area contributed by atoms with Crippen LogP contribution in [-0.2, 0) is 4.79 Å². The molecule has 0 radical (unpaired) electrons. The molecule has 1 aromatic rings. The molecule has 0 saturated heterocycles. The van der Waals surface area contributed by atoms with Crippen LogP contribution in [0.4, 0.5) is 0 Å². The predicted molar refractivity (Wildman–Crippen MR) is 54.0 cm³/mol. The molecule has 14 heavy (non-hydrogen) atoms. The Morgan fingerprint density at radius 3 is 2.93 bits per heavy atom. The minimum atomic E-state index is -0.264. The van der Waals surface area contributed by atoms with Crippen molar-refractivity contribution in [3.05, 3.63) is 30.1 Å². The number of ketones is 1. The van der Waals surface area contributed by atoms with Crippen molar-refractivity contribution in [2.45, 2.75) is 13.3 Å². The molecule has 1 heterocycles. The Balaban J connectivity index is 0.00000196. The van der Waals surface area contributed by atoms with Gasteiger partial charge in [-0.1, -0.05) is 6.92 Å². The molecule has 0 aliphatic rings. The lowest BCUT2D eigenvalue weighted by Gasteiger charge is -2.02. The summed E-state index contributed by atoms with van der Waals surface area (Å²) < 4.78 is 0. The normalized spacial score (nSPS) is 9.50. The number of nitrogens with zero attached hydrogens (tertiary/aromatic N) is 1. The highest BCUT2D eigenvalue weighted by Gasteiger charge is 2.05. The molecule has 0 aromatic carbocycles. The Kier molecular flexibility index (Phi) is 3.79. The fourth-order valence-electron chi connectivity index (χ4n) is 0.903. The Bertz CT molecular complexity index is 327. The molecule has 0 aliphatic heterocycles. The van der Waals surface area contributed by atoms with Crippen molar-refractivity contribution in [3.63, 3.8) is 0 Å². The second-order valence-corrected chi connectivity index (χ2v) is 2.82. The third-order valence-electron chi connectivity index (χ3n) is 1.76. The second kappa shape index (κ2) is 5.11. The van der Waals surface area contributed by atoms with Crippen LogP contribution in [0.5, 0.6) is 0 Å². The van der Waals surface area contributed by atoms with Crippen LogP contribution in [0, 0.1) is 0 Å². The minimum Gasteiger partial charge on any atom is -0.345 e. The molecule has 0 atom stereocenters. The highest BCUT2D eigenvalue weighted by molar-refractivity contribution is 5.96. The van der Waals surface area contributed by atoms with Gasteiger partial charge in [-0.3, -0.25) is 14.6 Å². The molecule has 0 saturated carbocycles. The zero-order valence-electron chi connectivity index (χ0n) is 7.99. The highest BCUT2D eigenvalue weighted by atomic mass is 16.2. The fourth-order valence-corrected chi connectivity index (χ4v) is 0.903. The molecule has 0 unspecified atom stereocenters. The van der Waals surface area contributed by atoms with E-state index in [0.29, 0.717) is 12.0 Å². The van der Waals surface area contributed by atoms with Crippen molar-refractivity contribution < 1.29 is 11.0 Å². The van der Waals surface area contributed by atoms with E-state index < -0.39 is 0 Å². The van der Waals surface area contributed by atoms with Crippen molar-refractivity contribution in [1.29, 1.82) is 0 Å². The van der Waals surface area contributed by atoms with E-state index in [1.165, 1.54) is 6.20 Å². The van der Waals surface area contributed by atoms with Gasteiger partial charge in [-0.2, -0.15) is 0 Å². The quantitative estimate of drug-likeness (QED) is 0.779. The van der Waals surface area contributed by atoms with Gasteiger partial charge in [0.1, 0.15) is 0 Å². The number of carbonyl (C=O) groups is 2. The summed E-state index contributed by atoms with van der Waals surface area (Å²) in [6.07, 6.45) is 3.49. The van der Waals surface area contributed by atoms with Gasteiger partial charge in [-0.25, -0.2) is 0 Å². The summed E-state index contributed by atoms with van der Waals surface area (Å²) in [5, 5.41) is 2.52. The number of aromatic nitrogens is 1. The molecule has 0 bridgehead atoms. The number of amides is 1. The first-order valence-corrected chi connectivity index (χ1v) is 4.44. The van der Waals surface area contributed by atoms with Gasteiger partial charge in [0.05, 0.1) is 12.1 Å². The minimum absolute atomic E-state index is 0.